The Labute approximate surface area is 247 Å². The van der Waals surface area contributed by atoms with Crippen molar-refractivity contribution in [3.8, 4) is 5.69 Å². The zero-order valence-corrected chi connectivity index (χ0v) is 22.5. The van der Waals surface area contributed by atoms with E-state index in [9.17, 15) is 71.1 Å². The van der Waals surface area contributed by atoms with Crippen molar-refractivity contribution in [3.05, 3.63) is 76.2 Å². The lowest BCUT2D eigenvalue weighted by atomic mass is 10.1. The van der Waals surface area contributed by atoms with E-state index in [1.807, 2.05) is 0 Å². The number of nitrogens with zero attached hydrogens (tertiary/aromatic N) is 4. The minimum Gasteiger partial charge on any atom is -0.326 e. The molecule has 2 aromatic carbocycles. The summed E-state index contributed by atoms with van der Waals surface area (Å²) in [6.45, 7) is -5.52. The average Bonchev–Trinajstić information content (AvgIpc) is 3.22. The topological polar surface area (TPSA) is 82.8 Å². The molecule has 46 heavy (non-hydrogen) atoms. The molecule has 0 spiro atoms. The Morgan fingerprint density at radius 1 is 0.717 bits per heavy atom. The largest absolute Gasteiger partial charge is 0.459 e. The van der Waals surface area contributed by atoms with Crippen LogP contribution in [-0.4, -0.2) is 69.7 Å². The first-order valence-electron chi connectivity index (χ1n) is 12.2. The number of H-pyrrole nitrogens is 1. The molecular weight excluding hydrogens is 668 g/mol. The van der Waals surface area contributed by atoms with Crippen LogP contribution in [0.3, 0.4) is 0 Å². The van der Waals surface area contributed by atoms with Gasteiger partial charge in [0.1, 0.15) is 0 Å². The summed E-state index contributed by atoms with van der Waals surface area (Å²) in [7, 11) is 0. The SMILES string of the molecule is Cc1[nH]n(-c2ccccc2)c(=O)c1N=Nc1ccccc1C(=O)N(CC(F)(F)C(F)(F)C(F)(F)F)CC(F)(F)C(F)(F)C(F)(F)F. The second kappa shape index (κ2) is 12.0. The summed E-state index contributed by atoms with van der Waals surface area (Å²) in [4.78, 5) is 24.4. The minimum absolute atomic E-state index is 0.0195. The van der Waals surface area contributed by atoms with Gasteiger partial charge >= 0.3 is 36.0 Å². The molecule has 1 amide bonds. The second-order valence-electron chi connectivity index (χ2n) is 9.49. The summed E-state index contributed by atoms with van der Waals surface area (Å²) >= 11 is 0. The van der Waals surface area contributed by atoms with Gasteiger partial charge in [0.05, 0.1) is 35.7 Å². The third-order valence-corrected chi connectivity index (χ3v) is 6.14. The van der Waals surface area contributed by atoms with E-state index in [-0.39, 0.29) is 11.4 Å². The van der Waals surface area contributed by atoms with E-state index in [0.717, 1.165) is 22.9 Å². The van der Waals surface area contributed by atoms with E-state index >= 15 is 0 Å². The van der Waals surface area contributed by atoms with Gasteiger partial charge in [-0.2, -0.15) is 61.5 Å². The Morgan fingerprint density at radius 2 is 1.17 bits per heavy atom. The van der Waals surface area contributed by atoms with E-state index in [0.29, 0.717) is 6.07 Å². The number of amides is 1. The molecule has 0 saturated heterocycles. The molecule has 1 aromatic heterocycles. The first kappa shape index (κ1) is 36.0. The van der Waals surface area contributed by atoms with Gasteiger partial charge in [-0.15, -0.1) is 10.2 Å². The van der Waals surface area contributed by atoms with Crippen LogP contribution < -0.4 is 5.56 Å². The summed E-state index contributed by atoms with van der Waals surface area (Å²) in [6.07, 6.45) is -14.2. The van der Waals surface area contributed by atoms with Crippen LogP contribution in [0, 0.1) is 6.92 Å². The van der Waals surface area contributed by atoms with Crippen molar-refractivity contribution in [1.82, 2.24) is 14.7 Å². The molecule has 3 aromatic rings. The van der Waals surface area contributed by atoms with Crippen molar-refractivity contribution in [3.63, 3.8) is 0 Å². The lowest BCUT2D eigenvalue weighted by Gasteiger charge is -2.36. The molecule has 0 saturated carbocycles. The minimum atomic E-state index is -7.09. The molecule has 3 rings (SSSR count). The highest BCUT2D eigenvalue weighted by atomic mass is 19.4. The summed E-state index contributed by atoms with van der Waals surface area (Å²) in [6, 6.07) is 10.8. The van der Waals surface area contributed by atoms with Crippen molar-refractivity contribution in [2.45, 2.75) is 43.0 Å². The number of azo groups is 1. The first-order valence-corrected chi connectivity index (χ1v) is 12.2. The Balaban J connectivity index is 2.10. The van der Waals surface area contributed by atoms with Gasteiger partial charge in [0.15, 0.2) is 5.69 Å². The maximum Gasteiger partial charge on any atom is 0.459 e. The molecule has 0 aliphatic heterocycles. The monoisotopic (exact) mass is 685 g/mol. The van der Waals surface area contributed by atoms with Crippen LogP contribution in [0.5, 0.6) is 0 Å². The summed E-state index contributed by atoms with van der Waals surface area (Å²) in [5.74, 6) is -29.7. The first-order chi connectivity index (χ1) is 20.9. The number of carbonyl (C=O) groups excluding carboxylic acids is 1. The van der Waals surface area contributed by atoms with Crippen molar-refractivity contribution in [2.24, 2.45) is 10.2 Å². The quantitative estimate of drug-likeness (QED) is 0.173. The predicted octanol–water partition coefficient (Wildman–Crippen LogP) is 8.00. The van der Waals surface area contributed by atoms with E-state index in [4.69, 9.17) is 0 Å². The highest BCUT2D eigenvalue weighted by Crippen LogP contribution is 2.49. The van der Waals surface area contributed by atoms with E-state index in [1.54, 1.807) is 18.2 Å². The van der Waals surface area contributed by atoms with Gasteiger partial charge in [-0.25, -0.2) is 4.68 Å². The smallest absolute Gasteiger partial charge is 0.326 e. The fourth-order valence-corrected chi connectivity index (χ4v) is 3.72. The van der Waals surface area contributed by atoms with Gasteiger partial charge < -0.3 is 4.90 Å². The van der Waals surface area contributed by atoms with Gasteiger partial charge in [-0.05, 0) is 31.2 Å². The Bertz CT molecular complexity index is 1600. The van der Waals surface area contributed by atoms with Gasteiger partial charge in [0, 0.05) is 0 Å². The third-order valence-electron chi connectivity index (χ3n) is 6.14. The molecule has 0 bridgehead atoms. The van der Waals surface area contributed by atoms with E-state index in [2.05, 4.69) is 15.3 Å². The Morgan fingerprint density at radius 3 is 1.65 bits per heavy atom. The highest BCUT2D eigenvalue weighted by molar-refractivity contribution is 5.99. The van der Waals surface area contributed by atoms with Crippen LogP contribution in [0.15, 0.2) is 69.6 Å². The fraction of sp³-hybridized carbons (Fsp3) is 0.360. The molecule has 0 radical (unpaired) electrons. The number of carbonyl (C=O) groups is 1. The number of hydrogen-bond donors (Lipinski definition) is 1. The Kier molecular flexibility index (Phi) is 9.43. The number of aryl methyl sites for hydroxylation is 1. The van der Waals surface area contributed by atoms with Gasteiger partial charge in [-0.1, -0.05) is 30.3 Å². The van der Waals surface area contributed by atoms with Crippen molar-refractivity contribution in [2.75, 3.05) is 13.1 Å². The van der Waals surface area contributed by atoms with Crippen molar-refractivity contribution < 1.29 is 66.3 Å². The number of aromatic amines is 1. The molecule has 0 atom stereocenters. The third kappa shape index (κ3) is 6.71. The second-order valence-corrected chi connectivity index (χ2v) is 9.49. The van der Waals surface area contributed by atoms with Gasteiger partial charge in [0.25, 0.3) is 11.5 Å². The summed E-state index contributed by atoms with van der Waals surface area (Å²) in [5.41, 5.74) is -3.17. The van der Waals surface area contributed by atoms with Gasteiger partial charge in [-0.3, -0.25) is 14.7 Å². The normalized spacial score (nSPS) is 13.8. The molecule has 0 fully saturated rings. The lowest BCUT2D eigenvalue weighted by Crippen LogP contribution is -2.62. The number of aromatic nitrogens is 2. The molecule has 252 valence electrons. The maximum absolute atomic E-state index is 14.2. The number of para-hydroxylation sites is 1. The zero-order valence-electron chi connectivity index (χ0n) is 22.5. The standard InChI is InChI=1S/C25H17F14N5O2/c1-13-17(19(46)44(42-13)14-7-3-2-4-8-14)41-40-16-10-6-5-9-15(16)18(45)43(11-20(26,27)22(30,31)24(34,35)36)12-21(28,29)23(32,33)25(37,38)39/h2-10,42H,11-12H2,1H3. The molecule has 1 heterocycles. The average molecular weight is 685 g/mol. The highest BCUT2D eigenvalue weighted by Gasteiger charge is 2.75. The van der Waals surface area contributed by atoms with Crippen LogP contribution in [0.2, 0.25) is 0 Å². The molecule has 21 heteroatoms. The number of nitrogens with one attached hydrogen (secondary N) is 1. The molecule has 0 aliphatic carbocycles. The number of halogens is 14. The Hall–Kier alpha value is -4.46. The molecule has 0 unspecified atom stereocenters. The zero-order chi connectivity index (χ0) is 35.1. The maximum atomic E-state index is 14.2. The molecular formula is C25H17F14N5O2. The van der Waals surface area contributed by atoms with E-state index < -0.39 is 82.4 Å². The number of rotatable bonds is 10. The molecule has 0 aliphatic rings. The van der Waals surface area contributed by atoms with Crippen LogP contribution in [-0.2, 0) is 0 Å². The summed E-state index contributed by atoms with van der Waals surface area (Å²) in [5, 5.41) is 9.67. The predicted molar refractivity (Wildman–Crippen MR) is 130 cm³/mol. The van der Waals surface area contributed by atoms with Crippen molar-refractivity contribution in [1.29, 1.82) is 0 Å². The van der Waals surface area contributed by atoms with Gasteiger partial charge in [0.2, 0.25) is 0 Å². The van der Waals surface area contributed by atoms with Crippen LogP contribution >= 0.6 is 0 Å². The number of hydrogen-bond acceptors (Lipinski definition) is 4. The lowest BCUT2D eigenvalue weighted by molar-refractivity contribution is -0.363. The van der Waals surface area contributed by atoms with Crippen LogP contribution in [0.4, 0.5) is 72.8 Å². The van der Waals surface area contributed by atoms with E-state index in [1.165, 1.54) is 19.1 Å². The number of alkyl halides is 14. The number of benzene rings is 2. The van der Waals surface area contributed by atoms with Crippen LogP contribution in [0.25, 0.3) is 5.69 Å². The van der Waals surface area contributed by atoms with Crippen molar-refractivity contribution >= 4 is 17.3 Å². The fourth-order valence-electron chi connectivity index (χ4n) is 3.72. The molecule has 1 N–H and O–H groups in total. The molecule has 7 nitrogen and oxygen atoms in total. The van der Waals surface area contributed by atoms with Crippen LogP contribution in [0.1, 0.15) is 16.1 Å². The summed E-state index contributed by atoms with van der Waals surface area (Å²) < 4.78 is 188.